The average molecular weight is 438 g/mol. The third-order valence-electron chi connectivity index (χ3n) is 4.77. The second-order valence-electron chi connectivity index (χ2n) is 6.77. The zero-order valence-corrected chi connectivity index (χ0v) is 18.3. The molecule has 31 heavy (non-hydrogen) atoms. The molecule has 0 spiro atoms. The van der Waals surface area contributed by atoms with Crippen LogP contribution in [0.25, 0.3) is 0 Å². The van der Waals surface area contributed by atoms with Crippen LogP contribution in [-0.4, -0.2) is 31.6 Å². The lowest BCUT2D eigenvalue weighted by Crippen LogP contribution is -2.14. The summed E-state index contributed by atoms with van der Waals surface area (Å²) >= 11 is 1.34. The Morgan fingerprint density at radius 1 is 0.968 bits per heavy atom. The number of rotatable bonds is 7. The minimum atomic E-state index is -0.485. The van der Waals surface area contributed by atoms with Crippen molar-refractivity contribution in [2.24, 2.45) is 0 Å². The number of nitrogens with one attached hydrogen (secondary N) is 1. The van der Waals surface area contributed by atoms with Crippen LogP contribution < -0.4 is 5.32 Å². The van der Waals surface area contributed by atoms with Gasteiger partial charge in [-0.1, -0.05) is 37.3 Å². The van der Waals surface area contributed by atoms with Crippen molar-refractivity contribution in [2.75, 3.05) is 19.0 Å². The number of benzene rings is 2. The van der Waals surface area contributed by atoms with E-state index in [-0.39, 0.29) is 18.4 Å². The summed E-state index contributed by atoms with van der Waals surface area (Å²) in [6.45, 7) is 4.02. The number of thiophene rings is 1. The molecule has 0 bridgehead atoms. The molecule has 0 saturated heterocycles. The van der Waals surface area contributed by atoms with Crippen LogP contribution in [0.2, 0.25) is 0 Å². The van der Waals surface area contributed by atoms with Gasteiger partial charge in [0.2, 0.25) is 0 Å². The Balaban J connectivity index is 1.88. The van der Waals surface area contributed by atoms with Gasteiger partial charge in [-0.05, 0) is 42.8 Å². The van der Waals surface area contributed by atoms with Gasteiger partial charge >= 0.3 is 11.9 Å². The zero-order chi connectivity index (χ0) is 22.4. The molecule has 1 amide bonds. The van der Waals surface area contributed by atoms with E-state index in [0.29, 0.717) is 21.7 Å². The van der Waals surface area contributed by atoms with Crippen LogP contribution in [0.5, 0.6) is 0 Å². The molecule has 0 fully saturated rings. The molecule has 0 aliphatic heterocycles. The van der Waals surface area contributed by atoms with E-state index in [4.69, 9.17) is 4.74 Å². The molecule has 0 saturated carbocycles. The van der Waals surface area contributed by atoms with Crippen molar-refractivity contribution in [1.29, 1.82) is 0 Å². The monoisotopic (exact) mass is 437 g/mol. The molecule has 0 radical (unpaired) electrons. The van der Waals surface area contributed by atoms with E-state index in [1.807, 2.05) is 37.3 Å². The van der Waals surface area contributed by atoms with E-state index in [9.17, 15) is 14.4 Å². The summed E-state index contributed by atoms with van der Waals surface area (Å²) in [7, 11) is 1.30. The Bertz CT molecular complexity index is 1070. The Kier molecular flexibility index (Phi) is 7.20. The minimum Gasteiger partial charge on any atom is -0.465 e. The molecule has 3 aromatic rings. The van der Waals surface area contributed by atoms with Crippen LogP contribution in [0.3, 0.4) is 0 Å². The largest absolute Gasteiger partial charge is 0.465 e. The van der Waals surface area contributed by atoms with Gasteiger partial charge in [-0.25, -0.2) is 9.59 Å². The Labute approximate surface area is 184 Å². The van der Waals surface area contributed by atoms with E-state index in [2.05, 4.69) is 10.1 Å². The van der Waals surface area contributed by atoms with Gasteiger partial charge in [0.15, 0.2) is 0 Å². The number of hydrogen-bond donors (Lipinski definition) is 1. The van der Waals surface area contributed by atoms with Gasteiger partial charge in [-0.2, -0.15) is 0 Å². The first-order chi connectivity index (χ1) is 14.9. The maximum absolute atomic E-state index is 12.8. The van der Waals surface area contributed by atoms with Crippen LogP contribution in [0, 0.1) is 0 Å². The van der Waals surface area contributed by atoms with Crippen molar-refractivity contribution in [1.82, 2.24) is 0 Å². The molecule has 2 aromatic carbocycles. The number of carbonyl (C=O) groups is 3. The Morgan fingerprint density at radius 2 is 1.61 bits per heavy atom. The van der Waals surface area contributed by atoms with Crippen molar-refractivity contribution in [3.8, 4) is 0 Å². The van der Waals surface area contributed by atoms with Crippen molar-refractivity contribution in [3.63, 3.8) is 0 Å². The van der Waals surface area contributed by atoms with Gasteiger partial charge in [-0.15, -0.1) is 11.3 Å². The summed E-state index contributed by atoms with van der Waals surface area (Å²) in [6.07, 6.45) is 0. The molecule has 6 nitrogen and oxygen atoms in total. The second-order valence-corrected chi connectivity index (χ2v) is 7.85. The van der Waals surface area contributed by atoms with Gasteiger partial charge in [-0.3, -0.25) is 4.79 Å². The standard InChI is InChI=1S/C24H23NO5S/c1-4-30-24(28)19-14-20(15(2)16-8-6-5-7-9-16)31-22(19)25-21(26)17-10-12-18(13-11-17)23(27)29-3/h5-15H,4H2,1-3H3,(H,25,26)/t15-/m1/s1. The van der Waals surface area contributed by atoms with Crippen molar-refractivity contribution in [2.45, 2.75) is 19.8 Å². The van der Waals surface area contributed by atoms with Crippen molar-refractivity contribution < 1.29 is 23.9 Å². The fourth-order valence-electron chi connectivity index (χ4n) is 3.03. The SMILES string of the molecule is CCOC(=O)c1cc([C@H](C)c2ccccc2)sc1NC(=O)c1ccc(C(=O)OC)cc1. The topological polar surface area (TPSA) is 81.7 Å². The minimum absolute atomic E-state index is 0.0457. The molecule has 0 aliphatic rings. The molecule has 1 aromatic heterocycles. The van der Waals surface area contributed by atoms with E-state index < -0.39 is 11.9 Å². The van der Waals surface area contributed by atoms with Gasteiger partial charge in [0.05, 0.1) is 24.8 Å². The molecule has 1 heterocycles. The highest BCUT2D eigenvalue weighted by Gasteiger charge is 2.22. The fourth-order valence-corrected chi connectivity index (χ4v) is 4.15. The van der Waals surface area contributed by atoms with Gasteiger partial charge in [0.1, 0.15) is 5.00 Å². The van der Waals surface area contributed by atoms with E-state index in [0.717, 1.165) is 10.4 Å². The number of anilines is 1. The normalized spacial score (nSPS) is 11.5. The predicted octanol–water partition coefficient (Wildman–Crippen LogP) is 5.12. The summed E-state index contributed by atoms with van der Waals surface area (Å²) in [5.74, 6) is -1.30. The maximum Gasteiger partial charge on any atom is 0.341 e. The van der Waals surface area contributed by atoms with Crippen molar-refractivity contribution >= 4 is 34.2 Å². The first kappa shape index (κ1) is 22.2. The zero-order valence-electron chi connectivity index (χ0n) is 17.5. The lowest BCUT2D eigenvalue weighted by molar-refractivity contribution is 0.0527. The van der Waals surface area contributed by atoms with Crippen LogP contribution >= 0.6 is 11.3 Å². The molecular formula is C24H23NO5S. The third kappa shape index (κ3) is 5.19. The molecular weight excluding hydrogens is 414 g/mol. The smallest absolute Gasteiger partial charge is 0.341 e. The summed E-state index contributed by atoms with van der Waals surface area (Å²) in [6, 6.07) is 17.8. The highest BCUT2D eigenvalue weighted by molar-refractivity contribution is 7.16. The molecule has 3 rings (SSSR count). The number of ether oxygens (including phenoxy) is 2. The summed E-state index contributed by atoms with van der Waals surface area (Å²) in [4.78, 5) is 37.8. The quantitative estimate of drug-likeness (QED) is 0.519. The van der Waals surface area contributed by atoms with Crippen LogP contribution in [-0.2, 0) is 9.47 Å². The van der Waals surface area contributed by atoms with E-state index >= 15 is 0 Å². The van der Waals surface area contributed by atoms with Crippen molar-refractivity contribution in [3.05, 3.63) is 87.8 Å². The number of esters is 2. The van der Waals surface area contributed by atoms with Crippen LogP contribution in [0.15, 0.2) is 60.7 Å². The third-order valence-corrected chi connectivity index (χ3v) is 6.00. The first-order valence-electron chi connectivity index (χ1n) is 9.80. The van der Waals surface area contributed by atoms with Gasteiger partial charge in [0.25, 0.3) is 5.91 Å². The molecule has 0 aliphatic carbocycles. The summed E-state index contributed by atoms with van der Waals surface area (Å²) in [5.41, 5.74) is 2.13. The lowest BCUT2D eigenvalue weighted by Gasteiger charge is -2.09. The molecule has 160 valence electrons. The van der Waals surface area contributed by atoms with E-state index in [1.54, 1.807) is 13.0 Å². The lowest BCUT2D eigenvalue weighted by atomic mass is 9.99. The predicted molar refractivity (Wildman–Crippen MR) is 120 cm³/mol. The van der Waals surface area contributed by atoms with Crippen LogP contribution in [0.1, 0.15) is 61.3 Å². The van der Waals surface area contributed by atoms with Gasteiger partial charge < -0.3 is 14.8 Å². The van der Waals surface area contributed by atoms with Crippen LogP contribution in [0.4, 0.5) is 5.00 Å². The van der Waals surface area contributed by atoms with Gasteiger partial charge in [0, 0.05) is 16.4 Å². The fraction of sp³-hybridized carbons (Fsp3) is 0.208. The number of carbonyl (C=O) groups excluding carboxylic acids is 3. The number of methoxy groups -OCH3 is 1. The van der Waals surface area contributed by atoms with E-state index in [1.165, 1.54) is 42.7 Å². The highest BCUT2D eigenvalue weighted by atomic mass is 32.1. The molecule has 1 N–H and O–H groups in total. The molecule has 7 heteroatoms. The highest BCUT2D eigenvalue weighted by Crippen LogP contribution is 2.36. The summed E-state index contributed by atoms with van der Waals surface area (Å²) < 4.78 is 9.84. The maximum atomic E-state index is 12.8. The second kappa shape index (κ2) is 10.0. The number of amides is 1. The molecule has 1 atom stereocenters. The first-order valence-corrected chi connectivity index (χ1v) is 10.6. The Morgan fingerprint density at radius 3 is 2.23 bits per heavy atom. The number of hydrogen-bond acceptors (Lipinski definition) is 6. The Hall–Kier alpha value is -3.45. The molecule has 0 unspecified atom stereocenters. The summed E-state index contributed by atoms with van der Waals surface area (Å²) in [5, 5.41) is 3.25. The average Bonchev–Trinajstić information content (AvgIpc) is 3.22.